The maximum absolute atomic E-state index is 11.8. The van der Waals surface area contributed by atoms with E-state index in [2.05, 4.69) is 37.5 Å². The van der Waals surface area contributed by atoms with Crippen molar-refractivity contribution in [2.24, 2.45) is 5.92 Å². The first-order valence-corrected chi connectivity index (χ1v) is 12.4. The molecule has 9 heteroatoms. The number of ether oxygens (including phenoxy) is 1. The summed E-state index contributed by atoms with van der Waals surface area (Å²) in [5.74, 6) is 1.76. The zero-order chi connectivity index (χ0) is 23.8. The minimum Gasteiger partial charge on any atom is -0.465 e. The molecule has 3 aromatic heterocycles. The van der Waals surface area contributed by atoms with Crippen LogP contribution in [0.15, 0.2) is 36.8 Å². The third-order valence-corrected chi connectivity index (χ3v) is 6.40. The summed E-state index contributed by atoms with van der Waals surface area (Å²) < 4.78 is 5.19. The zero-order valence-corrected chi connectivity index (χ0v) is 20.2. The van der Waals surface area contributed by atoms with Gasteiger partial charge in [0, 0.05) is 42.1 Å². The zero-order valence-electron chi connectivity index (χ0n) is 19.5. The van der Waals surface area contributed by atoms with Gasteiger partial charge in [0.15, 0.2) is 5.15 Å². The van der Waals surface area contributed by atoms with Gasteiger partial charge in [-0.15, -0.1) is 0 Å². The predicted octanol–water partition coefficient (Wildman–Crippen LogP) is 5.04. The van der Waals surface area contributed by atoms with E-state index in [1.165, 1.54) is 0 Å². The van der Waals surface area contributed by atoms with Crippen molar-refractivity contribution in [3.63, 3.8) is 0 Å². The van der Waals surface area contributed by atoms with Gasteiger partial charge in [0.1, 0.15) is 11.3 Å². The number of carbonyl (C=O) groups is 1. The molecule has 1 fully saturated rings. The number of carbonyl (C=O) groups excluding carboxylic acids is 1. The van der Waals surface area contributed by atoms with Crippen LogP contribution < -0.4 is 10.6 Å². The highest BCUT2D eigenvalue weighted by Crippen LogP contribution is 2.27. The van der Waals surface area contributed by atoms with E-state index in [1.54, 1.807) is 18.6 Å². The molecule has 180 valence electrons. The van der Waals surface area contributed by atoms with Gasteiger partial charge >= 0.3 is 5.97 Å². The van der Waals surface area contributed by atoms with Crippen LogP contribution in [-0.4, -0.2) is 45.1 Å². The van der Waals surface area contributed by atoms with Crippen LogP contribution in [0.25, 0.3) is 10.9 Å². The summed E-state index contributed by atoms with van der Waals surface area (Å²) in [4.78, 5) is 29.3. The Morgan fingerprint density at radius 1 is 1.12 bits per heavy atom. The quantitative estimate of drug-likeness (QED) is 0.235. The van der Waals surface area contributed by atoms with E-state index >= 15 is 0 Å². The summed E-state index contributed by atoms with van der Waals surface area (Å²) >= 11 is 6.19. The fraction of sp³-hybridized carbons (Fsp3) is 0.480. The third-order valence-electron chi connectivity index (χ3n) is 6.13. The van der Waals surface area contributed by atoms with Crippen LogP contribution in [-0.2, 0) is 16.0 Å². The number of hydrogen-bond acceptors (Lipinski definition) is 8. The van der Waals surface area contributed by atoms with Crippen molar-refractivity contribution in [2.75, 3.05) is 23.8 Å². The number of unbranched alkanes of at least 4 members (excludes halogenated alkanes) is 1. The van der Waals surface area contributed by atoms with Gasteiger partial charge in [-0.1, -0.05) is 24.9 Å². The van der Waals surface area contributed by atoms with Gasteiger partial charge in [0.05, 0.1) is 13.0 Å². The molecular weight excluding hydrogens is 452 g/mol. The van der Waals surface area contributed by atoms with Crippen LogP contribution in [0.3, 0.4) is 0 Å². The van der Waals surface area contributed by atoms with E-state index in [0.29, 0.717) is 29.7 Å². The molecule has 8 nitrogen and oxygen atoms in total. The van der Waals surface area contributed by atoms with Gasteiger partial charge in [-0.3, -0.25) is 4.79 Å². The molecule has 0 saturated heterocycles. The van der Waals surface area contributed by atoms with Crippen LogP contribution in [0.5, 0.6) is 0 Å². The molecule has 3 aromatic rings. The standard InChI is InChI=1S/C25H31ClN6O2/c1-2-3-12-34-22(33)13-18-15-29-25(30-16-18)28-14-17-4-7-20(8-5-17)31-21-9-6-19-10-11-27-24(26)23(19)32-21/h6,9-11,15-17,20H,2-5,7-8,12-14H2,1H3,(H,31,32)(H,28,29,30). The van der Waals surface area contributed by atoms with Crippen molar-refractivity contribution in [3.05, 3.63) is 47.5 Å². The highest BCUT2D eigenvalue weighted by atomic mass is 35.5. The lowest BCUT2D eigenvalue weighted by atomic mass is 9.86. The van der Waals surface area contributed by atoms with Crippen LogP contribution in [0.4, 0.5) is 11.8 Å². The number of nitrogens with zero attached hydrogens (tertiary/aromatic N) is 4. The Morgan fingerprint density at radius 2 is 1.91 bits per heavy atom. The molecule has 0 aliphatic heterocycles. The molecule has 1 saturated carbocycles. The van der Waals surface area contributed by atoms with E-state index in [1.807, 2.05) is 18.2 Å². The van der Waals surface area contributed by atoms with E-state index in [9.17, 15) is 4.79 Å². The number of esters is 1. The molecule has 0 aromatic carbocycles. The minimum absolute atomic E-state index is 0.204. The summed E-state index contributed by atoms with van der Waals surface area (Å²) in [6.45, 7) is 3.37. The number of halogens is 1. The van der Waals surface area contributed by atoms with Crippen molar-refractivity contribution in [1.29, 1.82) is 0 Å². The Hall–Kier alpha value is -3.00. The first kappa shape index (κ1) is 24.1. The first-order valence-electron chi connectivity index (χ1n) is 12.0. The Kier molecular flexibility index (Phi) is 8.46. The lowest BCUT2D eigenvalue weighted by Gasteiger charge is -2.29. The highest BCUT2D eigenvalue weighted by molar-refractivity contribution is 6.33. The summed E-state index contributed by atoms with van der Waals surface area (Å²) in [7, 11) is 0. The summed E-state index contributed by atoms with van der Waals surface area (Å²) in [5.41, 5.74) is 1.49. The smallest absolute Gasteiger partial charge is 0.310 e. The number of hydrogen-bond donors (Lipinski definition) is 2. The maximum atomic E-state index is 11.8. The summed E-state index contributed by atoms with van der Waals surface area (Å²) in [6, 6.07) is 6.33. The van der Waals surface area contributed by atoms with Crippen molar-refractivity contribution in [1.82, 2.24) is 19.9 Å². The van der Waals surface area contributed by atoms with Crippen LogP contribution in [0.2, 0.25) is 5.15 Å². The maximum Gasteiger partial charge on any atom is 0.310 e. The van der Waals surface area contributed by atoms with Gasteiger partial charge in [-0.2, -0.15) is 0 Å². The average Bonchev–Trinajstić information content (AvgIpc) is 2.85. The van der Waals surface area contributed by atoms with Crippen LogP contribution in [0, 0.1) is 5.92 Å². The molecule has 0 spiro atoms. The number of aromatic nitrogens is 4. The monoisotopic (exact) mass is 482 g/mol. The average molecular weight is 483 g/mol. The van der Waals surface area contributed by atoms with Gasteiger partial charge in [-0.05, 0) is 56.2 Å². The van der Waals surface area contributed by atoms with Crippen molar-refractivity contribution >= 4 is 40.2 Å². The topological polar surface area (TPSA) is 102 Å². The van der Waals surface area contributed by atoms with E-state index < -0.39 is 0 Å². The predicted molar refractivity (Wildman–Crippen MR) is 134 cm³/mol. The van der Waals surface area contributed by atoms with Crippen LogP contribution in [0.1, 0.15) is 51.0 Å². The number of anilines is 2. The van der Waals surface area contributed by atoms with Crippen molar-refractivity contribution in [3.8, 4) is 0 Å². The number of rotatable bonds is 10. The molecule has 0 radical (unpaired) electrons. The lowest BCUT2D eigenvalue weighted by molar-refractivity contribution is -0.142. The largest absolute Gasteiger partial charge is 0.465 e. The molecule has 1 aliphatic carbocycles. The Bertz CT molecular complexity index is 1090. The van der Waals surface area contributed by atoms with Gasteiger partial charge in [-0.25, -0.2) is 19.9 Å². The second-order valence-electron chi connectivity index (χ2n) is 8.78. The number of pyridine rings is 2. The SMILES string of the molecule is CCCCOC(=O)Cc1cnc(NCC2CCC(Nc3ccc4ccnc(Cl)c4n3)CC2)nc1. The van der Waals surface area contributed by atoms with Gasteiger partial charge in [0.25, 0.3) is 0 Å². The molecule has 3 heterocycles. The van der Waals surface area contributed by atoms with Crippen molar-refractivity contribution in [2.45, 2.75) is 57.9 Å². The fourth-order valence-corrected chi connectivity index (χ4v) is 4.34. The van der Waals surface area contributed by atoms with Gasteiger partial charge < -0.3 is 15.4 Å². The fourth-order valence-electron chi connectivity index (χ4n) is 4.14. The Labute approximate surface area is 204 Å². The molecule has 0 bridgehead atoms. The second-order valence-corrected chi connectivity index (χ2v) is 9.14. The van der Waals surface area contributed by atoms with Crippen molar-refractivity contribution < 1.29 is 9.53 Å². The van der Waals surface area contributed by atoms with E-state index in [4.69, 9.17) is 16.3 Å². The molecule has 34 heavy (non-hydrogen) atoms. The van der Waals surface area contributed by atoms with E-state index in [0.717, 1.165) is 67.4 Å². The molecule has 1 aliphatic rings. The second kappa shape index (κ2) is 11.9. The van der Waals surface area contributed by atoms with Gasteiger partial charge in [0.2, 0.25) is 5.95 Å². The van der Waals surface area contributed by atoms with Crippen LogP contribution >= 0.6 is 11.6 Å². The number of nitrogens with one attached hydrogen (secondary N) is 2. The summed E-state index contributed by atoms with van der Waals surface area (Å²) in [6.07, 6.45) is 11.5. The lowest BCUT2D eigenvalue weighted by Crippen LogP contribution is -2.29. The molecule has 0 amide bonds. The summed E-state index contributed by atoms with van der Waals surface area (Å²) in [5, 5.41) is 8.30. The molecule has 2 N–H and O–H groups in total. The molecular formula is C25H31ClN6O2. The first-order chi connectivity index (χ1) is 16.6. The minimum atomic E-state index is -0.234. The molecule has 4 rings (SSSR count). The van der Waals surface area contributed by atoms with E-state index in [-0.39, 0.29) is 12.4 Å². The number of fused-ring (bicyclic) bond motifs is 1. The Morgan fingerprint density at radius 3 is 2.68 bits per heavy atom. The third kappa shape index (κ3) is 6.76. The molecule has 0 atom stereocenters. The molecule has 0 unspecified atom stereocenters. The Balaban J connectivity index is 1.19. The normalized spacial score (nSPS) is 17.9. The highest BCUT2D eigenvalue weighted by Gasteiger charge is 2.21.